The van der Waals surface area contributed by atoms with Crippen LogP contribution >= 0.6 is 15.9 Å². The third kappa shape index (κ3) is 2.38. The largest absolute Gasteiger partial charge is 0.337 e. The van der Waals surface area contributed by atoms with Crippen molar-refractivity contribution >= 4 is 38.6 Å². The van der Waals surface area contributed by atoms with Crippen LogP contribution in [-0.2, 0) is 0 Å². The molecule has 2 aromatic heterocycles. The smallest absolute Gasteiger partial charge is 0.232 e. The number of piperazine rings is 1. The molecule has 23 heavy (non-hydrogen) atoms. The molecule has 1 aromatic carbocycles. The van der Waals surface area contributed by atoms with E-state index in [2.05, 4.69) is 72.3 Å². The molecule has 4 rings (SSSR count). The lowest BCUT2D eigenvalue weighted by Crippen LogP contribution is -2.55. The zero-order valence-corrected chi connectivity index (χ0v) is 15.0. The maximum atomic E-state index is 4.48. The SMILES string of the molecule is CC1CN(c2nnc3cnc4ccc(Br)cc4n23)CC(C)N1C. The van der Waals surface area contributed by atoms with Gasteiger partial charge in [0, 0.05) is 29.6 Å². The minimum Gasteiger partial charge on any atom is -0.337 e. The van der Waals surface area contributed by atoms with Crippen LogP contribution < -0.4 is 4.90 Å². The van der Waals surface area contributed by atoms with E-state index >= 15 is 0 Å². The third-order valence-corrected chi connectivity index (χ3v) is 5.30. The van der Waals surface area contributed by atoms with Gasteiger partial charge in [0.05, 0.1) is 17.2 Å². The number of halogens is 1. The second kappa shape index (κ2) is 5.42. The van der Waals surface area contributed by atoms with Crippen LogP contribution in [0.5, 0.6) is 0 Å². The highest BCUT2D eigenvalue weighted by Gasteiger charge is 2.29. The van der Waals surface area contributed by atoms with E-state index in [1.807, 2.05) is 12.1 Å². The van der Waals surface area contributed by atoms with Crippen LogP contribution in [0.15, 0.2) is 28.9 Å². The van der Waals surface area contributed by atoms with Crippen molar-refractivity contribution in [1.82, 2.24) is 24.5 Å². The van der Waals surface area contributed by atoms with E-state index in [0.717, 1.165) is 40.2 Å². The maximum absolute atomic E-state index is 4.48. The van der Waals surface area contributed by atoms with Gasteiger partial charge in [0.25, 0.3) is 0 Å². The van der Waals surface area contributed by atoms with Gasteiger partial charge in [-0.1, -0.05) is 15.9 Å². The first-order valence-electron chi connectivity index (χ1n) is 7.81. The molecule has 6 nitrogen and oxygen atoms in total. The molecule has 0 bridgehead atoms. The molecular weight excluding hydrogens is 356 g/mol. The first kappa shape index (κ1) is 14.8. The minimum absolute atomic E-state index is 0.478. The number of likely N-dealkylation sites (N-methyl/N-ethyl adjacent to an activating group) is 1. The van der Waals surface area contributed by atoms with Gasteiger partial charge in [-0.3, -0.25) is 14.3 Å². The second-order valence-electron chi connectivity index (χ2n) is 6.35. The van der Waals surface area contributed by atoms with Crippen LogP contribution in [0.25, 0.3) is 16.7 Å². The number of nitrogens with zero attached hydrogens (tertiary/aromatic N) is 6. The van der Waals surface area contributed by atoms with Gasteiger partial charge >= 0.3 is 0 Å². The Kier molecular flexibility index (Phi) is 3.50. The summed E-state index contributed by atoms with van der Waals surface area (Å²) in [6.07, 6.45) is 1.79. The maximum Gasteiger partial charge on any atom is 0.232 e. The van der Waals surface area contributed by atoms with E-state index in [1.165, 1.54) is 0 Å². The number of hydrogen-bond donors (Lipinski definition) is 0. The summed E-state index contributed by atoms with van der Waals surface area (Å²) in [7, 11) is 2.19. The van der Waals surface area contributed by atoms with Crippen LogP contribution in [0, 0.1) is 0 Å². The van der Waals surface area contributed by atoms with Crippen LogP contribution in [0.4, 0.5) is 5.95 Å². The van der Waals surface area contributed by atoms with Crippen molar-refractivity contribution in [2.75, 3.05) is 25.0 Å². The molecule has 120 valence electrons. The van der Waals surface area contributed by atoms with E-state index in [1.54, 1.807) is 6.20 Å². The topological polar surface area (TPSA) is 49.6 Å². The highest BCUT2D eigenvalue weighted by Crippen LogP contribution is 2.25. The summed E-state index contributed by atoms with van der Waals surface area (Å²) in [5.41, 5.74) is 2.75. The molecule has 0 saturated carbocycles. The fourth-order valence-electron chi connectivity index (χ4n) is 3.29. The summed E-state index contributed by atoms with van der Waals surface area (Å²) >= 11 is 3.55. The quantitative estimate of drug-likeness (QED) is 0.655. The molecule has 0 aliphatic carbocycles. The predicted molar refractivity (Wildman–Crippen MR) is 94.9 cm³/mol. The van der Waals surface area contributed by atoms with Crippen LogP contribution in [0.2, 0.25) is 0 Å². The fourth-order valence-corrected chi connectivity index (χ4v) is 3.64. The Bertz CT molecular complexity index is 864. The van der Waals surface area contributed by atoms with Crippen molar-refractivity contribution in [3.05, 3.63) is 28.9 Å². The van der Waals surface area contributed by atoms with Crippen molar-refractivity contribution in [1.29, 1.82) is 0 Å². The fraction of sp³-hybridized carbons (Fsp3) is 0.438. The Morgan fingerprint density at radius 1 is 1.13 bits per heavy atom. The number of benzene rings is 1. The van der Waals surface area contributed by atoms with E-state index in [4.69, 9.17) is 0 Å². The number of aromatic nitrogens is 4. The molecule has 1 aliphatic rings. The van der Waals surface area contributed by atoms with E-state index < -0.39 is 0 Å². The molecule has 2 unspecified atom stereocenters. The summed E-state index contributed by atoms with van der Waals surface area (Å²) in [6, 6.07) is 7.05. The van der Waals surface area contributed by atoms with Gasteiger partial charge in [0.2, 0.25) is 5.95 Å². The molecular formula is C16H19BrN6. The number of rotatable bonds is 1. The summed E-state index contributed by atoms with van der Waals surface area (Å²) in [5, 5.41) is 8.78. The Labute approximate surface area is 143 Å². The van der Waals surface area contributed by atoms with Crippen molar-refractivity contribution in [2.45, 2.75) is 25.9 Å². The monoisotopic (exact) mass is 374 g/mol. The minimum atomic E-state index is 0.478. The third-order valence-electron chi connectivity index (χ3n) is 4.81. The Hall–Kier alpha value is -1.73. The molecule has 0 N–H and O–H groups in total. The molecule has 1 saturated heterocycles. The van der Waals surface area contributed by atoms with Crippen molar-refractivity contribution in [2.24, 2.45) is 0 Å². The molecule has 3 heterocycles. The average molecular weight is 375 g/mol. The average Bonchev–Trinajstić information content (AvgIpc) is 2.96. The van der Waals surface area contributed by atoms with Crippen LogP contribution in [0.3, 0.4) is 0 Å². The molecule has 1 aliphatic heterocycles. The summed E-state index contributed by atoms with van der Waals surface area (Å²) in [5.74, 6) is 0.900. The van der Waals surface area contributed by atoms with Crippen LogP contribution in [-0.4, -0.2) is 56.7 Å². The normalized spacial score (nSPS) is 23.0. The zero-order valence-electron chi connectivity index (χ0n) is 13.4. The molecule has 3 aromatic rings. The van der Waals surface area contributed by atoms with Gasteiger partial charge in [-0.25, -0.2) is 0 Å². The van der Waals surface area contributed by atoms with Gasteiger partial charge in [-0.2, -0.15) is 0 Å². The first-order valence-corrected chi connectivity index (χ1v) is 8.60. The van der Waals surface area contributed by atoms with Gasteiger partial charge < -0.3 is 4.90 Å². The van der Waals surface area contributed by atoms with Crippen molar-refractivity contribution in [3.8, 4) is 0 Å². The summed E-state index contributed by atoms with van der Waals surface area (Å²) in [6.45, 7) is 6.39. The summed E-state index contributed by atoms with van der Waals surface area (Å²) < 4.78 is 3.14. The first-order chi connectivity index (χ1) is 11.0. The summed E-state index contributed by atoms with van der Waals surface area (Å²) in [4.78, 5) is 9.22. The van der Waals surface area contributed by atoms with Crippen molar-refractivity contribution < 1.29 is 0 Å². The van der Waals surface area contributed by atoms with Gasteiger partial charge in [0.15, 0.2) is 5.65 Å². The molecule has 1 fully saturated rings. The number of fused-ring (bicyclic) bond motifs is 3. The lowest BCUT2D eigenvalue weighted by molar-refractivity contribution is 0.169. The molecule has 0 spiro atoms. The lowest BCUT2D eigenvalue weighted by Gasteiger charge is -2.42. The Morgan fingerprint density at radius 3 is 2.61 bits per heavy atom. The highest BCUT2D eigenvalue weighted by molar-refractivity contribution is 9.10. The Balaban J connectivity index is 1.89. The highest BCUT2D eigenvalue weighted by atomic mass is 79.9. The van der Waals surface area contributed by atoms with E-state index in [9.17, 15) is 0 Å². The van der Waals surface area contributed by atoms with Gasteiger partial charge in [-0.15, -0.1) is 10.2 Å². The Morgan fingerprint density at radius 2 is 1.87 bits per heavy atom. The van der Waals surface area contributed by atoms with Crippen LogP contribution in [0.1, 0.15) is 13.8 Å². The lowest BCUT2D eigenvalue weighted by atomic mass is 10.1. The van der Waals surface area contributed by atoms with Gasteiger partial charge in [-0.05, 0) is 39.1 Å². The molecule has 7 heteroatoms. The zero-order chi connectivity index (χ0) is 16.1. The second-order valence-corrected chi connectivity index (χ2v) is 7.27. The van der Waals surface area contributed by atoms with E-state index in [0.29, 0.717) is 12.1 Å². The van der Waals surface area contributed by atoms with Gasteiger partial charge in [0.1, 0.15) is 0 Å². The standard InChI is InChI=1S/C16H19BrN6/c1-10-8-22(9-11(2)21(10)3)16-20-19-15-7-18-13-5-4-12(17)6-14(13)23(15)16/h4-7,10-11H,8-9H2,1-3H3. The van der Waals surface area contributed by atoms with Crippen molar-refractivity contribution in [3.63, 3.8) is 0 Å². The molecule has 2 atom stereocenters. The molecule has 0 radical (unpaired) electrons. The molecule has 0 amide bonds. The van der Waals surface area contributed by atoms with E-state index in [-0.39, 0.29) is 0 Å². The number of hydrogen-bond acceptors (Lipinski definition) is 5. The predicted octanol–water partition coefficient (Wildman–Crippen LogP) is 2.57. The number of anilines is 1.